The fraction of sp³-hybridized carbons (Fsp3) is 0.647. The maximum Gasteiger partial charge on any atom is 0.0195 e. The third-order valence-corrected chi connectivity index (χ3v) is 4.72. The van der Waals surface area contributed by atoms with Crippen LogP contribution in [0.2, 0.25) is 0 Å². The van der Waals surface area contributed by atoms with E-state index in [1.165, 1.54) is 37.7 Å². The van der Waals surface area contributed by atoms with Crippen LogP contribution in [0.25, 0.3) is 0 Å². The van der Waals surface area contributed by atoms with E-state index in [0.717, 1.165) is 12.3 Å². The van der Waals surface area contributed by atoms with E-state index in [0.29, 0.717) is 5.92 Å². The Balaban J connectivity index is 2.01. The maximum atomic E-state index is 6.64. The number of benzene rings is 1. The minimum absolute atomic E-state index is 0.0464. The first-order valence-corrected chi connectivity index (χ1v) is 7.44. The van der Waals surface area contributed by atoms with Gasteiger partial charge in [0.2, 0.25) is 0 Å². The molecule has 100 valence electrons. The lowest BCUT2D eigenvalue weighted by Crippen LogP contribution is -2.47. The van der Waals surface area contributed by atoms with Crippen molar-refractivity contribution in [2.45, 2.75) is 57.9 Å². The monoisotopic (exact) mass is 245 g/mol. The largest absolute Gasteiger partial charge is 0.325 e. The average Bonchev–Trinajstić information content (AvgIpc) is 2.39. The van der Waals surface area contributed by atoms with Gasteiger partial charge in [0.05, 0.1) is 0 Å². The Kier molecular flexibility index (Phi) is 4.45. The molecule has 1 aliphatic carbocycles. The molecule has 1 saturated carbocycles. The van der Waals surface area contributed by atoms with Gasteiger partial charge in [-0.05, 0) is 43.6 Å². The molecule has 1 fully saturated rings. The summed E-state index contributed by atoms with van der Waals surface area (Å²) < 4.78 is 0. The molecule has 0 spiro atoms. The van der Waals surface area contributed by atoms with E-state index >= 15 is 0 Å². The van der Waals surface area contributed by atoms with Crippen LogP contribution in [0.15, 0.2) is 30.3 Å². The summed E-state index contributed by atoms with van der Waals surface area (Å²) in [5.74, 6) is 1.60. The van der Waals surface area contributed by atoms with Crippen LogP contribution in [0.3, 0.4) is 0 Å². The van der Waals surface area contributed by atoms with Crippen molar-refractivity contribution in [3.8, 4) is 0 Å². The quantitative estimate of drug-likeness (QED) is 0.846. The Morgan fingerprint density at radius 2 is 1.94 bits per heavy atom. The number of hydrogen-bond acceptors (Lipinski definition) is 1. The molecule has 1 aromatic rings. The van der Waals surface area contributed by atoms with Crippen LogP contribution in [-0.4, -0.2) is 5.54 Å². The highest BCUT2D eigenvalue weighted by Crippen LogP contribution is 2.37. The summed E-state index contributed by atoms with van der Waals surface area (Å²) in [7, 11) is 0. The first-order valence-electron chi connectivity index (χ1n) is 7.44. The summed E-state index contributed by atoms with van der Waals surface area (Å²) in [5, 5.41) is 0. The first-order chi connectivity index (χ1) is 8.62. The van der Waals surface area contributed by atoms with Crippen molar-refractivity contribution >= 4 is 0 Å². The van der Waals surface area contributed by atoms with E-state index in [9.17, 15) is 0 Å². The van der Waals surface area contributed by atoms with E-state index in [-0.39, 0.29) is 5.54 Å². The summed E-state index contributed by atoms with van der Waals surface area (Å²) in [4.78, 5) is 0. The second kappa shape index (κ2) is 5.88. The van der Waals surface area contributed by atoms with Gasteiger partial charge in [-0.3, -0.25) is 0 Å². The molecular weight excluding hydrogens is 218 g/mol. The van der Waals surface area contributed by atoms with E-state index in [1.54, 1.807) is 0 Å². The zero-order valence-electron chi connectivity index (χ0n) is 11.9. The summed E-state index contributed by atoms with van der Waals surface area (Å²) >= 11 is 0. The molecule has 0 aromatic heterocycles. The van der Waals surface area contributed by atoms with Crippen molar-refractivity contribution in [3.63, 3.8) is 0 Å². The molecule has 1 aromatic carbocycles. The van der Waals surface area contributed by atoms with Crippen molar-refractivity contribution in [1.29, 1.82) is 0 Å². The van der Waals surface area contributed by atoms with Crippen LogP contribution in [0.4, 0.5) is 0 Å². The van der Waals surface area contributed by atoms with Crippen LogP contribution in [0.1, 0.15) is 51.5 Å². The molecule has 3 atom stereocenters. The number of rotatable bonds is 4. The third-order valence-electron chi connectivity index (χ3n) is 4.72. The molecule has 0 saturated heterocycles. The summed E-state index contributed by atoms with van der Waals surface area (Å²) in [6.45, 7) is 4.57. The van der Waals surface area contributed by atoms with Gasteiger partial charge in [-0.15, -0.1) is 0 Å². The Bertz CT molecular complexity index is 355. The van der Waals surface area contributed by atoms with Crippen LogP contribution in [0, 0.1) is 11.8 Å². The van der Waals surface area contributed by atoms with E-state index in [1.807, 2.05) is 0 Å². The van der Waals surface area contributed by atoms with Gasteiger partial charge < -0.3 is 5.73 Å². The molecule has 2 N–H and O–H groups in total. The molecule has 1 aliphatic rings. The topological polar surface area (TPSA) is 26.0 Å². The first kappa shape index (κ1) is 13.6. The fourth-order valence-electron chi connectivity index (χ4n) is 3.44. The number of hydrogen-bond donors (Lipinski definition) is 1. The normalized spacial score (nSPS) is 27.7. The van der Waals surface area contributed by atoms with Gasteiger partial charge >= 0.3 is 0 Å². The van der Waals surface area contributed by atoms with Gasteiger partial charge in [-0.1, -0.05) is 56.5 Å². The summed E-state index contributed by atoms with van der Waals surface area (Å²) in [6.07, 6.45) is 7.75. The molecule has 0 bridgehead atoms. The lowest BCUT2D eigenvalue weighted by molar-refractivity contribution is 0.172. The molecule has 2 rings (SSSR count). The van der Waals surface area contributed by atoms with Crippen LogP contribution in [0.5, 0.6) is 0 Å². The zero-order chi connectivity index (χ0) is 13.0. The Morgan fingerprint density at radius 3 is 2.61 bits per heavy atom. The van der Waals surface area contributed by atoms with Gasteiger partial charge in [0.1, 0.15) is 0 Å². The van der Waals surface area contributed by atoms with Crippen LogP contribution in [-0.2, 0) is 6.42 Å². The zero-order valence-corrected chi connectivity index (χ0v) is 11.9. The van der Waals surface area contributed by atoms with Gasteiger partial charge in [0.15, 0.2) is 0 Å². The second-order valence-corrected chi connectivity index (χ2v) is 6.31. The standard InChI is InChI=1S/C17H27N/c1-3-14-10-7-11-16(12-14)17(2,18)13-15-8-5-4-6-9-15/h4-6,8-9,14,16H,3,7,10-13,18H2,1-2H3. The van der Waals surface area contributed by atoms with Crippen molar-refractivity contribution in [2.75, 3.05) is 0 Å². The molecule has 0 heterocycles. The Labute approximate surface area is 112 Å². The number of nitrogens with two attached hydrogens (primary N) is 1. The molecule has 18 heavy (non-hydrogen) atoms. The molecule has 3 unspecified atom stereocenters. The summed E-state index contributed by atoms with van der Waals surface area (Å²) in [6, 6.07) is 10.7. The average molecular weight is 245 g/mol. The minimum Gasteiger partial charge on any atom is -0.325 e. The van der Waals surface area contributed by atoms with Gasteiger partial charge in [-0.2, -0.15) is 0 Å². The smallest absolute Gasteiger partial charge is 0.0195 e. The van der Waals surface area contributed by atoms with Crippen LogP contribution < -0.4 is 5.73 Å². The molecule has 1 nitrogen and oxygen atoms in total. The molecule has 0 aliphatic heterocycles. The van der Waals surface area contributed by atoms with Gasteiger partial charge in [0.25, 0.3) is 0 Å². The van der Waals surface area contributed by atoms with Crippen molar-refractivity contribution in [1.82, 2.24) is 0 Å². The van der Waals surface area contributed by atoms with Crippen molar-refractivity contribution in [2.24, 2.45) is 17.6 Å². The molecule has 1 heteroatoms. The highest BCUT2D eigenvalue weighted by Gasteiger charge is 2.33. The Hall–Kier alpha value is -0.820. The van der Waals surface area contributed by atoms with Gasteiger partial charge in [0, 0.05) is 5.54 Å². The lowest BCUT2D eigenvalue weighted by atomic mass is 9.69. The fourth-order valence-corrected chi connectivity index (χ4v) is 3.44. The highest BCUT2D eigenvalue weighted by atomic mass is 14.7. The predicted molar refractivity (Wildman–Crippen MR) is 78.5 cm³/mol. The molecular formula is C17H27N. The third kappa shape index (κ3) is 3.35. The molecule has 0 radical (unpaired) electrons. The van der Waals surface area contributed by atoms with E-state index in [2.05, 4.69) is 44.2 Å². The SMILES string of the molecule is CCC1CCCC(C(C)(N)Cc2ccccc2)C1. The lowest BCUT2D eigenvalue weighted by Gasteiger charge is -2.40. The predicted octanol–water partition coefficient (Wildman–Crippen LogP) is 4.16. The highest BCUT2D eigenvalue weighted by molar-refractivity contribution is 5.18. The van der Waals surface area contributed by atoms with Crippen LogP contribution >= 0.6 is 0 Å². The van der Waals surface area contributed by atoms with Crippen molar-refractivity contribution in [3.05, 3.63) is 35.9 Å². The van der Waals surface area contributed by atoms with E-state index < -0.39 is 0 Å². The maximum absolute atomic E-state index is 6.64. The van der Waals surface area contributed by atoms with Gasteiger partial charge in [-0.25, -0.2) is 0 Å². The van der Waals surface area contributed by atoms with E-state index in [4.69, 9.17) is 5.73 Å². The second-order valence-electron chi connectivity index (χ2n) is 6.31. The van der Waals surface area contributed by atoms with Crippen molar-refractivity contribution < 1.29 is 0 Å². The summed E-state index contributed by atoms with van der Waals surface area (Å²) in [5.41, 5.74) is 7.97. The minimum atomic E-state index is -0.0464. The Morgan fingerprint density at radius 1 is 1.22 bits per heavy atom. The molecule has 0 amide bonds.